The summed E-state index contributed by atoms with van der Waals surface area (Å²) in [5, 5.41) is 2.07. The summed E-state index contributed by atoms with van der Waals surface area (Å²) in [4.78, 5) is 1.24. The van der Waals surface area contributed by atoms with E-state index < -0.39 is 0 Å². The number of halogens is 1. The molecule has 0 fully saturated rings. The third kappa shape index (κ3) is 2.12. The summed E-state index contributed by atoms with van der Waals surface area (Å²) in [5.41, 5.74) is 7.31. The molecule has 17 heavy (non-hydrogen) atoms. The topological polar surface area (TPSA) is 35.2 Å². The molecule has 0 radical (unpaired) electrons. The van der Waals surface area contributed by atoms with Crippen molar-refractivity contribution in [3.05, 3.63) is 50.6 Å². The Hall–Kier alpha value is -0.840. The maximum absolute atomic E-state index is 6.22. The number of benzene rings is 1. The zero-order chi connectivity index (χ0) is 11.8. The summed E-state index contributed by atoms with van der Waals surface area (Å²) in [6, 6.07) is 10.2. The zero-order valence-electron chi connectivity index (χ0n) is 9.10. The van der Waals surface area contributed by atoms with E-state index in [1.165, 1.54) is 4.88 Å². The molecule has 2 heterocycles. The lowest BCUT2D eigenvalue weighted by Gasteiger charge is -2.29. The number of ether oxygens (including phenoxy) is 1. The van der Waals surface area contributed by atoms with Gasteiger partial charge in [-0.25, -0.2) is 0 Å². The summed E-state index contributed by atoms with van der Waals surface area (Å²) in [7, 11) is 0. The molecule has 0 aliphatic carbocycles. The van der Waals surface area contributed by atoms with Crippen molar-refractivity contribution < 1.29 is 4.74 Å². The van der Waals surface area contributed by atoms with Crippen molar-refractivity contribution in [2.45, 2.75) is 18.6 Å². The minimum absolute atomic E-state index is 0.0448. The van der Waals surface area contributed by atoms with E-state index in [0.29, 0.717) is 0 Å². The Morgan fingerprint density at radius 2 is 2.24 bits per heavy atom. The van der Waals surface area contributed by atoms with Crippen LogP contribution in [0.2, 0.25) is 0 Å². The van der Waals surface area contributed by atoms with E-state index in [1.54, 1.807) is 11.3 Å². The van der Waals surface area contributed by atoms with Crippen LogP contribution in [-0.4, -0.2) is 0 Å². The molecule has 1 aliphatic heterocycles. The highest BCUT2D eigenvalue weighted by molar-refractivity contribution is 9.10. The third-order valence-electron chi connectivity index (χ3n) is 2.97. The Balaban J connectivity index is 1.96. The fraction of sp³-hybridized carbons (Fsp3) is 0.231. The number of hydrogen-bond acceptors (Lipinski definition) is 3. The zero-order valence-corrected chi connectivity index (χ0v) is 11.5. The normalized spacial score (nSPS) is 22.9. The monoisotopic (exact) mass is 309 g/mol. The molecule has 0 saturated carbocycles. The van der Waals surface area contributed by atoms with Gasteiger partial charge in [-0.2, -0.15) is 0 Å². The number of fused-ring (bicyclic) bond motifs is 1. The molecule has 1 aliphatic rings. The number of rotatable bonds is 1. The van der Waals surface area contributed by atoms with E-state index in [9.17, 15) is 0 Å². The van der Waals surface area contributed by atoms with E-state index >= 15 is 0 Å². The Morgan fingerprint density at radius 1 is 1.35 bits per heavy atom. The van der Waals surface area contributed by atoms with E-state index in [-0.39, 0.29) is 12.1 Å². The van der Waals surface area contributed by atoms with Crippen molar-refractivity contribution in [2.24, 2.45) is 5.73 Å². The van der Waals surface area contributed by atoms with Gasteiger partial charge in [0.25, 0.3) is 0 Å². The van der Waals surface area contributed by atoms with Crippen molar-refractivity contribution in [3.8, 4) is 5.75 Å². The van der Waals surface area contributed by atoms with Crippen molar-refractivity contribution >= 4 is 27.3 Å². The molecule has 2 atom stereocenters. The van der Waals surface area contributed by atoms with Gasteiger partial charge in [0.15, 0.2) is 0 Å². The van der Waals surface area contributed by atoms with Gasteiger partial charge in [-0.05, 0) is 29.6 Å². The lowest BCUT2D eigenvalue weighted by Crippen LogP contribution is -2.23. The van der Waals surface area contributed by atoms with Crippen molar-refractivity contribution in [3.63, 3.8) is 0 Å². The van der Waals surface area contributed by atoms with Crippen LogP contribution in [0.25, 0.3) is 0 Å². The molecular weight excluding hydrogens is 298 g/mol. The van der Waals surface area contributed by atoms with Crippen LogP contribution in [-0.2, 0) is 0 Å². The average Bonchev–Trinajstić information content (AvgIpc) is 2.83. The first-order valence-corrected chi connectivity index (χ1v) is 7.16. The van der Waals surface area contributed by atoms with Crippen molar-refractivity contribution in [2.75, 3.05) is 0 Å². The van der Waals surface area contributed by atoms with Gasteiger partial charge >= 0.3 is 0 Å². The summed E-state index contributed by atoms with van der Waals surface area (Å²) in [5.74, 6) is 0.908. The molecular formula is C13H12BrNOS. The number of nitrogens with two attached hydrogens (primary N) is 1. The van der Waals surface area contributed by atoms with Gasteiger partial charge in [-0.1, -0.05) is 22.0 Å². The van der Waals surface area contributed by atoms with Crippen LogP contribution in [0, 0.1) is 0 Å². The van der Waals surface area contributed by atoms with Crippen LogP contribution in [0.15, 0.2) is 40.2 Å². The van der Waals surface area contributed by atoms with Gasteiger partial charge in [-0.3, -0.25) is 0 Å². The molecule has 0 spiro atoms. The Bertz CT molecular complexity index is 526. The molecule has 0 bridgehead atoms. The largest absolute Gasteiger partial charge is 0.484 e. The highest BCUT2D eigenvalue weighted by atomic mass is 79.9. The lowest BCUT2D eigenvalue weighted by molar-refractivity contribution is 0.165. The standard InChI is InChI=1S/C13H12BrNOS/c14-8-3-4-11-9(6-8)10(15)7-12(16-11)13-2-1-5-17-13/h1-6,10,12H,7,15H2/t10-,12?/m0/s1. The summed E-state index contributed by atoms with van der Waals surface area (Å²) in [6.45, 7) is 0. The molecule has 4 heteroatoms. The predicted octanol–water partition coefficient (Wildman–Crippen LogP) is 4.03. The summed E-state index contributed by atoms with van der Waals surface area (Å²) in [6.07, 6.45) is 0.933. The Kier molecular flexibility index (Phi) is 2.94. The van der Waals surface area contributed by atoms with Crippen LogP contribution in [0.4, 0.5) is 0 Å². The second kappa shape index (κ2) is 4.44. The van der Waals surface area contributed by atoms with Gasteiger partial charge in [0.05, 0.1) is 0 Å². The van der Waals surface area contributed by atoms with Gasteiger partial charge in [0.2, 0.25) is 0 Å². The van der Waals surface area contributed by atoms with Crippen LogP contribution >= 0.6 is 27.3 Å². The van der Waals surface area contributed by atoms with Crippen LogP contribution in [0.3, 0.4) is 0 Å². The molecule has 1 aromatic carbocycles. The molecule has 2 N–H and O–H groups in total. The molecule has 2 aromatic rings. The molecule has 2 nitrogen and oxygen atoms in total. The fourth-order valence-corrected chi connectivity index (χ4v) is 3.27. The second-order valence-corrected chi connectivity index (χ2v) is 6.04. The van der Waals surface area contributed by atoms with E-state index in [4.69, 9.17) is 10.5 Å². The Morgan fingerprint density at radius 3 is 3.00 bits per heavy atom. The molecule has 1 aromatic heterocycles. The molecule has 0 amide bonds. The average molecular weight is 310 g/mol. The molecule has 1 unspecified atom stereocenters. The maximum Gasteiger partial charge on any atom is 0.135 e. The first-order chi connectivity index (χ1) is 8.24. The maximum atomic E-state index is 6.22. The SMILES string of the molecule is N[C@H]1CC(c2cccs2)Oc2ccc(Br)cc21. The van der Waals surface area contributed by atoms with E-state index in [1.807, 2.05) is 24.3 Å². The van der Waals surface area contributed by atoms with Crippen molar-refractivity contribution in [1.82, 2.24) is 0 Å². The van der Waals surface area contributed by atoms with E-state index in [0.717, 1.165) is 22.2 Å². The van der Waals surface area contributed by atoms with Gasteiger partial charge in [0.1, 0.15) is 11.9 Å². The first kappa shape index (κ1) is 11.3. The lowest BCUT2D eigenvalue weighted by atomic mass is 9.97. The van der Waals surface area contributed by atoms with Gasteiger partial charge in [0, 0.05) is 27.4 Å². The Labute approximate surface area is 113 Å². The van der Waals surface area contributed by atoms with Crippen LogP contribution in [0.1, 0.15) is 29.0 Å². The van der Waals surface area contributed by atoms with Crippen LogP contribution < -0.4 is 10.5 Å². The molecule has 3 rings (SSSR count). The van der Waals surface area contributed by atoms with Gasteiger partial charge in [-0.15, -0.1) is 11.3 Å². The second-order valence-electron chi connectivity index (χ2n) is 4.15. The summed E-state index contributed by atoms with van der Waals surface area (Å²) >= 11 is 5.18. The van der Waals surface area contributed by atoms with Gasteiger partial charge < -0.3 is 10.5 Å². The summed E-state index contributed by atoms with van der Waals surface area (Å²) < 4.78 is 7.06. The minimum Gasteiger partial charge on any atom is -0.484 e. The van der Waals surface area contributed by atoms with Crippen molar-refractivity contribution in [1.29, 1.82) is 0 Å². The minimum atomic E-state index is 0.0448. The number of thiophene rings is 1. The quantitative estimate of drug-likeness (QED) is 0.863. The highest BCUT2D eigenvalue weighted by Crippen LogP contribution is 2.41. The van der Waals surface area contributed by atoms with Crippen LogP contribution in [0.5, 0.6) is 5.75 Å². The van der Waals surface area contributed by atoms with E-state index in [2.05, 4.69) is 27.4 Å². The first-order valence-electron chi connectivity index (χ1n) is 5.49. The predicted molar refractivity (Wildman–Crippen MR) is 73.4 cm³/mol. The molecule has 0 saturated heterocycles. The molecule has 88 valence electrons. The number of hydrogen-bond donors (Lipinski definition) is 1. The highest BCUT2D eigenvalue weighted by Gasteiger charge is 2.27. The third-order valence-corrected chi connectivity index (χ3v) is 4.43. The smallest absolute Gasteiger partial charge is 0.135 e. The fourth-order valence-electron chi connectivity index (χ4n) is 2.12.